The summed E-state index contributed by atoms with van der Waals surface area (Å²) in [5.41, 5.74) is 2.20. The number of rotatable bonds is 4. The van der Waals surface area contributed by atoms with Gasteiger partial charge in [0.2, 0.25) is 0 Å². The number of alkyl halides is 1. The molecule has 0 radical (unpaired) electrons. The van der Waals surface area contributed by atoms with E-state index in [1.807, 2.05) is 30.5 Å². The molecule has 90 valence electrons. The summed E-state index contributed by atoms with van der Waals surface area (Å²) in [6.45, 7) is 4.37. The molecule has 3 heteroatoms. The Bertz CT molecular complexity index is 491. The fraction of sp³-hybridized carbons (Fsp3) is 0.357. The Kier molecular flexibility index (Phi) is 4.00. The molecule has 0 bridgehead atoms. The van der Waals surface area contributed by atoms with E-state index in [9.17, 15) is 0 Å². The highest BCUT2D eigenvalue weighted by Crippen LogP contribution is 2.22. The van der Waals surface area contributed by atoms with Crippen LogP contribution in [0.3, 0.4) is 0 Å². The SMILES string of the molecule is CC(Br)CC(C)Nc1ccnc2ccccc12. The van der Waals surface area contributed by atoms with E-state index in [0.717, 1.165) is 17.6 Å². The van der Waals surface area contributed by atoms with E-state index < -0.39 is 0 Å². The molecule has 0 aliphatic rings. The Morgan fingerprint density at radius 3 is 2.76 bits per heavy atom. The van der Waals surface area contributed by atoms with Crippen molar-refractivity contribution in [3.05, 3.63) is 36.5 Å². The van der Waals surface area contributed by atoms with Crippen LogP contribution in [0.15, 0.2) is 36.5 Å². The van der Waals surface area contributed by atoms with E-state index in [-0.39, 0.29) is 0 Å². The highest BCUT2D eigenvalue weighted by Gasteiger charge is 2.07. The Hall–Kier alpha value is -1.09. The Morgan fingerprint density at radius 2 is 2.00 bits per heavy atom. The second-order valence-corrected chi connectivity index (χ2v) is 6.00. The van der Waals surface area contributed by atoms with Gasteiger partial charge in [0, 0.05) is 28.1 Å². The molecular weight excluding hydrogens is 276 g/mol. The molecule has 1 aromatic carbocycles. The van der Waals surface area contributed by atoms with Gasteiger partial charge >= 0.3 is 0 Å². The number of pyridine rings is 1. The lowest BCUT2D eigenvalue weighted by Gasteiger charge is -2.17. The lowest BCUT2D eigenvalue weighted by atomic mass is 10.1. The molecule has 1 aromatic heterocycles. The summed E-state index contributed by atoms with van der Waals surface area (Å²) in [5, 5.41) is 4.73. The summed E-state index contributed by atoms with van der Waals surface area (Å²) in [5.74, 6) is 0. The molecule has 0 aliphatic carbocycles. The van der Waals surface area contributed by atoms with Crippen molar-refractivity contribution in [3.8, 4) is 0 Å². The van der Waals surface area contributed by atoms with Gasteiger partial charge in [0.1, 0.15) is 0 Å². The normalized spacial score (nSPS) is 14.5. The quantitative estimate of drug-likeness (QED) is 0.854. The van der Waals surface area contributed by atoms with Crippen LogP contribution in [-0.4, -0.2) is 15.9 Å². The number of hydrogen-bond donors (Lipinski definition) is 1. The van der Waals surface area contributed by atoms with E-state index in [2.05, 4.69) is 46.1 Å². The molecule has 17 heavy (non-hydrogen) atoms. The van der Waals surface area contributed by atoms with Crippen LogP contribution in [-0.2, 0) is 0 Å². The third-order valence-corrected chi connectivity index (χ3v) is 3.10. The highest BCUT2D eigenvalue weighted by molar-refractivity contribution is 9.09. The van der Waals surface area contributed by atoms with Crippen LogP contribution in [0.5, 0.6) is 0 Å². The van der Waals surface area contributed by atoms with Crippen molar-refractivity contribution >= 4 is 32.5 Å². The zero-order valence-electron chi connectivity index (χ0n) is 10.2. The number of anilines is 1. The molecule has 0 amide bonds. The van der Waals surface area contributed by atoms with Gasteiger partial charge in [-0.1, -0.05) is 41.1 Å². The van der Waals surface area contributed by atoms with Crippen LogP contribution in [0.25, 0.3) is 10.9 Å². The monoisotopic (exact) mass is 292 g/mol. The summed E-state index contributed by atoms with van der Waals surface area (Å²) < 4.78 is 0. The first-order chi connectivity index (χ1) is 8.16. The van der Waals surface area contributed by atoms with E-state index in [4.69, 9.17) is 0 Å². The van der Waals surface area contributed by atoms with Gasteiger partial charge in [-0.05, 0) is 25.5 Å². The number of nitrogens with one attached hydrogen (secondary N) is 1. The van der Waals surface area contributed by atoms with Gasteiger partial charge in [-0.25, -0.2) is 0 Å². The first-order valence-corrected chi connectivity index (χ1v) is 6.82. The average molecular weight is 293 g/mol. The molecule has 2 rings (SSSR count). The van der Waals surface area contributed by atoms with Crippen LogP contribution in [0.2, 0.25) is 0 Å². The molecule has 0 saturated heterocycles. The number of fused-ring (bicyclic) bond motifs is 1. The molecule has 0 fully saturated rings. The van der Waals surface area contributed by atoms with Gasteiger partial charge in [0.05, 0.1) is 5.52 Å². The van der Waals surface area contributed by atoms with Crippen LogP contribution in [0.1, 0.15) is 20.3 Å². The van der Waals surface area contributed by atoms with Crippen molar-refractivity contribution in [1.29, 1.82) is 0 Å². The van der Waals surface area contributed by atoms with E-state index >= 15 is 0 Å². The largest absolute Gasteiger partial charge is 0.382 e. The minimum atomic E-state index is 0.440. The first kappa shape index (κ1) is 12.4. The second kappa shape index (κ2) is 5.50. The molecule has 2 unspecified atom stereocenters. The van der Waals surface area contributed by atoms with Crippen molar-refractivity contribution < 1.29 is 0 Å². The van der Waals surface area contributed by atoms with E-state index in [0.29, 0.717) is 10.9 Å². The van der Waals surface area contributed by atoms with Crippen LogP contribution >= 0.6 is 15.9 Å². The van der Waals surface area contributed by atoms with Gasteiger partial charge in [-0.15, -0.1) is 0 Å². The van der Waals surface area contributed by atoms with Gasteiger partial charge in [-0.2, -0.15) is 0 Å². The number of benzene rings is 1. The Morgan fingerprint density at radius 1 is 1.24 bits per heavy atom. The average Bonchev–Trinajstić information content (AvgIpc) is 2.28. The van der Waals surface area contributed by atoms with Gasteiger partial charge in [0.15, 0.2) is 0 Å². The minimum absolute atomic E-state index is 0.440. The molecule has 0 spiro atoms. The Labute approximate surface area is 111 Å². The zero-order valence-corrected chi connectivity index (χ0v) is 11.7. The first-order valence-electron chi connectivity index (χ1n) is 5.91. The maximum absolute atomic E-state index is 4.36. The number of halogens is 1. The number of para-hydroxylation sites is 1. The number of aromatic nitrogens is 1. The summed E-state index contributed by atoms with van der Waals surface area (Å²) in [6, 6.07) is 10.7. The lowest BCUT2D eigenvalue weighted by Crippen LogP contribution is -2.18. The minimum Gasteiger partial charge on any atom is -0.382 e. The summed E-state index contributed by atoms with van der Waals surface area (Å²) >= 11 is 3.59. The smallest absolute Gasteiger partial charge is 0.0722 e. The summed E-state index contributed by atoms with van der Waals surface area (Å²) in [6.07, 6.45) is 2.95. The molecule has 1 heterocycles. The highest BCUT2D eigenvalue weighted by atomic mass is 79.9. The lowest BCUT2D eigenvalue weighted by molar-refractivity contribution is 0.709. The molecule has 0 saturated carbocycles. The van der Waals surface area contributed by atoms with Crippen molar-refractivity contribution in [2.75, 3.05) is 5.32 Å². The molecular formula is C14H17BrN2. The maximum atomic E-state index is 4.36. The molecule has 2 aromatic rings. The molecule has 2 atom stereocenters. The topological polar surface area (TPSA) is 24.9 Å². The van der Waals surface area contributed by atoms with Crippen molar-refractivity contribution in [2.45, 2.75) is 31.1 Å². The number of hydrogen-bond acceptors (Lipinski definition) is 2. The van der Waals surface area contributed by atoms with Crippen molar-refractivity contribution in [1.82, 2.24) is 4.98 Å². The van der Waals surface area contributed by atoms with Crippen LogP contribution < -0.4 is 5.32 Å². The Balaban J connectivity index is 2.24. The molecule has 1 N–H and O–H groups in total. The van der Waals surface area contributed by atoms with Gasteiger partial charge in [-0.3, -0.25) is 4.98 Å². The maximum Gasteiger partial charge on any atom is 0.0722 e. The summed E-state index contributed by atoms with van der Waals surface area (Å²) in [4.78, 5) is 4.89. The third kappa shape index (κ3) is 3.19. The standard InChI is InChI=1S/C14H17BrN2/c1-10(15)9-11(2)17-14-7-8-16-13-6-4-3-5-12(13)14/h3-8,10-11H,9H2,1-2H3,(H,16,17). The predicted octanol–water partition coefficient (Wildman–Crippen LogP) is 4.21. The molecule has 2 nitrogen and oxygen atoms in total. The van der Waals surface area contributed by atoms with E-state index in [1.165, 1.54) is 5.39 Å². The third-order valence-electron chi connectivity index (χ3n) is 2.73. The fourth-order valence-electron chi connectivity index (χ4n) is 2.03. The molecule has 0 aliphatic heterocycles. The van der Waals surface area contributed by atoms with Crippen molar-refractivity contribution in [2.24, 2.45) is 0 Å². The van der Waals surface area contributed by atoms with Crippen molar-refractivity contribution in [3.63, 3.8) is 0 Å². The number of nitrogens with zero attached hydrogens (tertiary/aromatic N) is 1. The van der Waals surface area contributed by atoms with Gasteiger partial charge < -0.3 is 5.32 Å². The van der Waals surface area contributed by atoms with E-state index in [1.54, 1.807) is 0 Å². The fourth-order valence-corrected chi connectivity index (χ4v) is 2.59. The summed E-state index contributed by atoms with van der Waals surface area (Å²) in [7, 11) is 0. The zero-order chi connectivity index (χ0) is 12.3. The second-order valence-electron chi connectivity index (χ2n) is 4.44. The van der Waals surface area contributed by atoms with Gasteiger partial charge in [0.25, 0.3) is 0 Å². The predicted molar refractivity (Wildman–Crippen MR) is 77.8 cm³/mol. The van der Waals surface area contributed by atoms with Crippen LogP contribution in [0, 0.1) is 0 Å². The van der Waals surface area contributed by atoms with Crippen LogP contribution in [0.4, 0.5) is 5.69 Å².